The predicted octanol–water partition coefficient (Wildman–Crippen LogP) is 8.18. The number of halogens is 9. The summed E-state index contributed by atoms with van der Waals surface area (Å²) in [7, 11) is -32.0. The molecule has 0 unspecified atom stereocenters. The molecule has 0 aromatic heterocycles. The zero-order valence-electron chi connectivity index (χ0n) is 23.4. The van der Waals surface area contributed by atoms with Crippen LogP contribution in [0.2, 0.25) is 0 Å². The number of para-hydroxylation sites is 1. The predicted molar refractivity (Wildman–Crippen MR) is 156 cm³/mol. The Balaban J connectivity index is 2.45. The molecular weight excluding hydrogens is 748 g/mol. The van der Waals surface area contributed by atoms with Crippen LogP contribution >= 0.6 is 10.0 Å². The molecule has 0 aliphatic rings. The maximum atomic E-state index is 14.7. The highest BCUT2D eigenvalue weighted by Gasteiger charge is 2.89. The van der Waals surface area contributed by atoms with Gasteiger partial charge in [-0.05, 0) is 60.7 Å². The van der Waals surface area contributed by atoms with Crippen LogP contribution in [-0.2, 0) is 29.5 Å². The number of benzene rings is 4. The molecule has 0 saturated heterocycles. The normalized spacial score (nSPS) is 14.4. The highest BCUT2D eigenvalue weighted by Crippen LogP contribution is 2.82. The Morgan fingerprint density at radius 1 is 0.375 bits per heavy atom. The van der Waals surface area contributed by atoms with Gasteiger partial charge in [0.25, 0.3) is 29.5 Å². The van der Waals surface area contributed by atoms with Gasteiger partial charge in [-0.1, -0.05) is 54.6 Å². The molecule has 0 atom stereocenters. The van der Waals surface area contributed by atoms with Gasteiger partial charge in [0.05, 0.1) is 0 Å². The molecule has 7 nitrogen and oxygen atoms in total. The SMILES string of the molecule is O=S(=O)(C(F)(F)F)C(S(c1ccccc1)(c1ccccc1)c1ccc(Oc2ccccc2)cc1)(S(=O)(=O)C(F)(F)F)S(=O)(=O)C(F)(F)F. The van der Waals surface area contributed by atoms with E-state index < -0.39 is 73.5 Å². The van der Waals surface area contributed by atoms with Crippen molar-refractivity contribution in [3.8, 4) is 11.5 Å². The Labute approximate surface area is 269 Å². The average Bonchev–Trinajstić information content (AvgIpc) is 2.99. The van der Waals surface area contributed by atoms with Crippen LogP contribution in [0.1, 0.15) is 0 Å². The van der Waals surface area contributed by atoms with E-state index in [0.717, 1.165) is 48.5 Å². The van der Waals surface area contributed by atoms with Crippen molar-refractivity contribution in [3.63, 3.8) is 0 Å². The third kappa shape index (κ3) is 5.41. The van der Waals surface area contributed by atoms with Crippen LogP contribution in [0.15, 0.2) is 130 Å². The van der Waals surface area contributed by atoms with Crippen LogP contribution in [0.25, 0.3) is 0 Å². The number of hydrogen-bond acceptors (Lipinski definition) is 7. The van der Waals surface area contributed by atoms with Crippen LogP contribution in [-0.4, -0.2) is 44.5 Å². The van der Waals surface area contributed by atoms with Crippen molar-refractivity contribution >= 4 is 39.5 Å². The van der Waals surface area contributed by atoms with Gasteiger partial charge in [0.1, 0.15) is 11.5 Å². The summed E-state index contributed by atoms with van der Waals surface area (Å²) in [6.07, 6.45) is 0. The first-order chi connectivity index (χ1) is 22.0. The van der Waals surface area contributed by atoms with E-state index >= 15 is 0 Å². The summed E-state index contributed by atoms with van der Waals surface area (Å²) in [5.41, 5.74) is -22.0. The molecule has 0 amide bonds. The summed E-state index contributed by atoms with van der Waals surface area (Å²) >= 11 is 0. The molecule has 260 valence electrons. The second kappa shape index (κ2) is 12.3. The Morgan fingerprint density at radius 2 is 0.646 bits per heavy atom. The maximum Gasteiger partial charge on any atom is 0.500 e. The largest absolute Gasteiger partial charge is 0.500 e. The van der Waals surface area contributed by atoms with Crippen molar-refractivity contribution in [1.29, 1.82) is 0 Å². The van der Waals surface area contributed by atoms with Crippen molar-refractivity contribution in [2.45, 2.75) is 34.0 Å². The number of hydrogen-bond donors (Lipinski definition) is 0. The van der Waals surface area contributed by atoms with E-state index in [2.05, 4.69) is 0 Å². The quantitative estimate of drug-likeness (QED) is 0.158. The van der Waals surface area contributed by atoms with Gasteiger partial charge in [0.2, 0.25) is 0 Å². The van der Waals surface area contributed by atoms with Crippen LogP contribution in [0.5, 0.6) is 11.5 Å². The van der Waals surface area contributed by atoms with Gasteiger partial charge in [-0.3, -0.25) is 0 Å². The van der Waals surface area contributed by atoms with E-state index in [-0.39, 0.29) is 11.5 Å². The number of ether oxygens (including phenoxy) is 1. The molecule has 0 aliphatic carbocycles. The van der Waals surface area contributed by atoms with E-state index in [9.17, 15) is 64.8 Å². The molecule has 20 heteroatoms. The zero-order chi connectivity index (χ0) is 36.0. The first-order valence-corrected chi connectivity index (χ1v) is 18.8. The fourth-order valence-corrected chi connectivity index (χ4v) is 21.6. The molecule has 4 rings (SSSR count). The molecule has 0 heterocycles. The highest BCUT2D eigenvalue weighted by atomic mass is 32.4. The lowest BCUT2D eigenvalue weighted by Crippen LogP contribution is -2.65. The van der Waals surface area contributed by atoms with Crippen LogP contribution in [0, 0.1) is 0 Å². The van der Waals surface area contributed by atoms with E-state index in [4.69, 9.17) is 4.74 Å². The second-order valence-electron chi connectivity index (χ2n) is 9.47. The molecule has 48 heavy (non-hydrogen) atoms. The van der Waals surface area contributed by atoms with Gasteiger partial charge < -0.3 is 4.74 Å². The molecule has 0 bridgehead atoms. The minimum absolute atomic E-state index is 0.114. The van der Waals surface area contributed by atoms with Crippen molar-refractivity contribution in [2.75, 3.05) is 0 Å². The van der Waals surface area contributed by atoms with Crippen molar-refractivity contribution in [1.82, 2.24) is 0 Å². The van der Waals surface area contributed by atoms with Crippen molar-refractivity contribution < 1.29 is 69.5 Å². The zero-order valence-corrected chi connectivity index (χ0v) is 26.6. The average molecular weight is 767 g/mol. The Bertz CT molecular complexity index is 1940. The molecule has 0 N–H and O–H groups in total. The fraction of sp³-hybridized carbons (Fsp3) is 0.143. The highest BCUT2D eigenvalue weighted by molar-refractivity contribution is 8.55. The standard InChI is InChI=1S/C28H19F9O7S4/c29-25(30,31)46(38,39)28(47(40,41)26(32,33)34,48(42,43)27(35,36)37)45(22-12-6-2-7-13-22,23-14-8-3-9-15-23)24-18-16-21(17-19-24)44-20-10-4-1-5-11-20/h1-19H. The summed E-state index contributed by atoms with van der Waals surface area (Å²) in [5.74, 6) is -0.149. The van der Waals surface area contributed by atoms with Crippen LogP contribution < -0.4 is 4.74 Å². The second-order valence-corrected chi connectivity index (χ2v) is 20.5. The first kappa shape index (κ1) is 37.1. The third-order valence-corrected chi connectivity index (χ3v) is 22.3. The number of rotatable bonds is 9. The summed E-state index contributed by atoms with van der Waals surface area (Å²) in [5, 5.41) is 0. The smallest absolute Gasteiger partial charge is 0.457 e. The maximum absolute atomic E-state index is 14.7. The lowest BCUT2D eigenvalue weighted by molar-refractivity contribution is -0.0497. The van der Waals surface area contributed by atoms with E-state index in [1.54, 1.807) is 6.07 Å². The monoisotopic (exact) mass is 766 g/mol. The minimum atomic E-state index is -8.65. The van der Waals surface area contributed by atoms with Crippen molar-refractivity contribution in [3.05, 3.63) is 115 Å². The van der Waals surface area contributed by atoms with Gasteiger partial charge in [0.15, 0.2) is 0 Å². The van der Waals surface area contributed by atoms with E-state index in [1.165, 1.54) is 24.3 Å². The topological polar surface area (TPSA) is 112 Å². The number of sulfone groups is 3. The molecule has 0 fully saturated rings. The van der Waals surface area contributed by atoms with E-state index in [0.29, 0.717) is 36.4 Å². The molecule has 0 radical (unpaired) electrons. The Morgan fingerprint density at radius 3 is 0.958 bits per heavy atom. The van der Waals surface area contributed by atoms with Gasteiger partial charge in [-0.15, -0.1) is 10.0 Å². The first-order valence-electron chi connectivity index (χ1n) is 12.7. The Hall–Kier alpha value is -3.75. The molecule has 0 aliphatic heterocycles. The van der Waals surface area contributed by atoms with Crippen LogP contribution in [0.3, 0.4) is 0 Å². The van der Waals surface area contributed by atoms with Gasteiger partial charge in [0, 0.05) is 14.7 Å². The summed E-state index contributed by atoms with van der Waals surface area (Å²) in [6.45, 7) is 0. The summed E-state index contributed by atoms with van der Waals surface area (Å²) in [6, 6.07) is 17.6. The van der Waals surface area contributed by atoms with Crippen LogP contribution in [0.4, 0.5) is 39.5 Å². The molecule has 4 aromatic carbocycles. The minimum Gasteiger partial charge on any atom is -0.457 e. The molecular formula is C28H19F9O7S4. The molecule has 0 spiro atoms. The van der Waals surface area contributed by atoms with Gasteiger partial charge in [-0.25, -0.2) is 25.3 Å². The van der Waals surface area contributed by atoms with Gasteiger partial charge in [-0.2, -0.15) is 39.5 Å². The Kier molecular flexibility index (Phi) is 9.49. The molecule has 0 saturated carbocycles. The van der Waals surface area contributed by atoms with Crippen molar-refractivity contribution in [2.24, 2.45) is 0 Å². The third-order valence-electron chi connectivity index (χ3n) is 6.63. The fourth-order valence-electron chi connectivity index (χ4n) is 4.78. The van der Waals surface area contributed by atoms with E-state index in [1.807, 2.05) is 0 Å². The lowest BCUT2D eigenvalue weighted by Gasteiger charge is -2.52. The number of alkyl halides is 9. The molecule has 4 aromatic rings. The lowest BCUT2D eigenvalue weighted by atomic mass is 10.3. The van der Waals surface area contributed by atoms with Gasteiger partial charge >= 0.3 is 19.3 Å². The summed E-state index contributed by atoms with van der Waals surface area (Å²) < 4.78 is 213. The summed E-state index contributed by atoms with van der Waals surface area (Å²) in [4.78, 5) is -3.74.